The second-order valence-electron chi connectivity index (χ2n) is 6.66. The number of rotatable bonds is 7. The van der Waals surface area contributed by atoms with Crippen LogP contribution in [-0.2, 0) is 19.8 Å². The Morgan fingerprint density at radius 1 is 1.16 bits per heavy atom. The lowest BCUT2D eigenvalue weighted by Crippen LogP contribution is -2.22. The molecule has 134 valence electrons. The van der Waals surface area contributed by atoms with E-state index < -0.39 is 0 Å². The standard InChI is InChI=1S/C19H26N4OS/c1-5-6-11-22-17-9-7-8-10-18(17)23(19(22)25)13-21(4)12-16-14(2)20-24-15(16)3/h7-10H,5-6,11-13H2,1-4H3. The van der Waals surface area contributed by atoms with Crippen molar-refractivity contribution in [2.75, 3.05) is 7.05 Å². The maximum absolute atomic E-state index is 5.79. The fourth-order valence-electron chi connectivity index (χ4n) is 3.23. The predicted molar refractivity (Wildman–Crippen MR) is 103 cm³/mol. The summed E-state index contributed by atoms with van der Waals surface area (Å²) in [5, 5.41) is 4.05. The highest BCUT2D eigenvalue weighted by Gasteiger charge is 2.14. The van der Waals surface area contributed by atoms with Gasteiger partial charge < -0.3 is 13.7 Å². The summed E-state index contributed by atoms with van der Waals surface area (Å²) in [4.78, 5) is 2.25. The number of benzene rings is 1. The minimum absolute atomic E-state index is 0.739. The number of nitrogens with zero attached hydrogens (tertiary/aromatic N) is 4. The Kier molecular flexibility index (Phi) is 5.39. The lowest BCUT2D eigenvalue weighted by atomic mass is 10.2. The Morgan fingerprint density at radius 2 is 1.84 bits per heavy atom. The van der Waals surface area contributed by atoms with Gasteiger partial charge in [0.15, 0.2) is 4.77 Å². The molecule has 25 heavy (non-hydrogen) atoms. The maximum Gasteiger partial charge on any atom is 0.181 e. The first-order chi connectivity index (χ1) is 12.0. The van der Waals surface area contributed by atoms with E-state index in [1.807, 2.05) is 13.8 Å². The van der Waals surface area contributed by atoms with E-state index in [0.29, 0.717) is 0 Å². The number of para-hydroxylation sites is 2. The molecule has 3 rings (SSSR count). The summed E-state index contributed by atoms with van der Waals surface area (Å²) in [5.74, 6) is 0.887. The van der Waals surface area contributed by atoms with Crippen LogP contribution in [0.15, 0.2) is 28.8 Å². The van der Waals surface area contributed by atoms with E-state index in [2.05, 4.69) is 57.4 Å². The van der Waals surface area contributed by atoms with Gasteiger partial charge in [0.1, 0.15) is 5.76 Å². The average Bonchev–Trinajstić information content (AvgIpc) is 3.05. The van der Waals surface area contributed by atoms with Gasteiger partial charge in [0, 0.05) is 18.7 Å². The predicted octanol–water partition coefficient (Wildman–Crippen LogP) is 4.67. The van der Waals surface area contributed by atoms with E-state index in [-0.39, 0.29) is 0 Å². The zero-order valence-electron chi connectivity index (χ0n) is 15.5. The third kappa shape index (κ3) is 3.55. The number of aryl methyl sites for hydroxylation is 3. The Morgan fingerprint density at radius 3 is 2.44 bits per heavy atom. The number of hydrogen-bond donors (Lipinski definition) is 0. The molecule has 0 aliphatic carbocycles. The van der Waals surface area contributed by atoms with E-state index in [9.17, 15) is 0 Å². The molecular formula is C19H26N4OS. The first-order valence-electron chi connectivity index (χ1n) is 8.81. The normalized spacial score (nSPS) is 11.7. The van der Waals surface area contributed by atoms with Crippen molar-refractivity contribution in [1.29, 1.82) is 0 Å². The molecule has 2 aromatic heterocycles. The van der Waals surface area contributed by atoms with Crippen molar-refractivity contribution >= 4 is 23.3 Å². The summed E-state index contributed by atoms with van der Waals surface area (Å²) < 4.78 is 10.7. The van der Waals surface area contributed by atoms with Gasteiger partial charge in [-0.1, -0.05) is 30.6 Å². The number of aromatic nitrogens is 3. The number of hydrogen-bond acceptors (Lipinski definition) is 4. The first kappa shape index (κ1) is 17.9. The topological polar surface area (TPSA) is 39.1 Å². The van der Waals surface area contributed by atoms with Gasteiger partial charge in [-0.05, 0) is 51.7 Å². The molecule has 6 heteroatoms. The summed E-state index contributed by atoms with van der Waals surface area (Å²) >= 11 is 5.79. The molecule has 0 unspecified atom stereocenters. The highest BCUT2D eigenvalue weighted by atomic mass is 32.1. The molecule has 0 atom stereocenters. The second-order valence-corrected chi connectivity index (χ2v) is 7.03. The van der Waals surface area contributed by atoms with Crippen LogP contribution in [0.2, 0.25) is 0 Å². The van der Waals surface area contributed by atoms with Gasteiger partial charge >= 0.3 is 0 Å². The van der Waals surface area contributed by atoms with Crippen LogP contribution >= 0.6 is 12.2 Å². The van der Waals surface area contributed by atoms with Gasteiger partial charge in [0.25, 0.3) is 0 Å². The fraction of sp³-hybridized carbons (Fsp3) is 0.474. The molecule has 0 saturated heterocycles. The third-order valence-electron chi connectivity index (χ3n) is 4.65. The maximum atomic E-state index is 5.79. The summed E-state index contributed by atoms with van der Waals surface area (Å²) in [6.07, 6.45) is 2.30. The molecule has 5 nitrogen and oxygen atoms in total. The van der Waals surface area contributed by atoms with E-state index in [1.165, 1.54) is 11.0 Å². The van der Waals surface area contributed by atoms with E-state index in [1.54, 1.807) is 0 Å². The third-order valence-corrected chi connectivity index (χ3v) is 5.09. The average molecular weight is 359 g/mol. The largest absolute Gasteiger partial charge is 0.361 e. The number of fused-ring (bicyclic) bond motifs is 1. The van der Waals surface area contributed by atoms with Gasteiger partial charge in [0.2, 0.25) is 0 Å². The molecule has 0 aliphatic rings. The van der Waals surface area contributed by atoms with Crippen LogP contribution in [0.5, 0.6) is 0 Å². The zero-order valence-corrected chi connectivity index (χ0v) is 16.3. The Hall–Kier alpha value is -1.92. The van der Waals surface area contributed by atoms with Crippen molar-refractivity contribution in [2.24, 2.45) is 0 Å². The summed E-state index contributed by atoms with van der Waals surface area (Å²) in [5.41, 5.74) is 4.52. The molecule has 1 aromatic carbocycles. The molecule has 0 radical (unpaired) electrons. The van der Waals surface area contributed by atoms with Crippen LogP contribution < -0.4 is 0 Å². The Bertz CT molecular complexity index is 902. The van der Waals surface area contributed by atoms with E-state index in [4.69, 9.17) is 16.7 Å². The van der Waals surface area contributed by atoms with Crippen molar-refractivity contribution in [3.8, 4) is 0 Å². The van der Waals surface area contributed by atoms with Gasteiger partial charge in [-0.15, -0.1) is 0 Å². The van der Waals surface area contributed by atoms with Crippen molar-refractivity contribution in [2.45, 2.75) is 53.4 Å². The first-order valence-corrected chi connectivity index (χ1v) is 9.22. The van der Waals surface area contributed by atoms with Crippen molar-refractivity contribution in [3.63, 3.8) is 0 Å². The van der Waals surface area contributed by atoms with Crippen LogP contribution in [0.1, 0.15) is 36.8 Å². The molecular weight excluding hydrogens is 332 g/mol. The molecule has 2 heterocycles. The van der Waals surface area contributed by atoms with E-state index >= 15 is 0 Å². The summed E-state index contributed by atoms with van der Waals surface area (Å²) in [6.45, 7) is 8.66. The minimum Gasteiger partial charge on any atom is -0.361 e. The smallest absolute Gasteiger partial charge is 0.181 e. The molecule has 0 fully saturated rings. The van der Waals surface area contributed by atoms with Crippen LogP contribution in [0.4, 0.5) is 0 Å². The van der Waals surface area contributed by atoms with Crippen molar-refractivity contribution in [3.05, 3.63) is 46.1 Å². The van der Waals surface area contributed by atoms with Gasteiger partial charge in [0.05, 0.1) is 23.4 Å². The fourth-order valence-corrected chi connectivity index (χ4v) is 3.58. The lowest BCUT2D eigenvalue weighted by Gasteiger charge is -2.18. The van der Waals surface area contributed by atoms with Gasteiger partial charge in [-0.2, -0.15) is 0 Å². The molecule has 0 aliphatic heterocycles. The minimum atomic E-state index is 0.739. The molecule has 0 spiro atoms. The quantitative estimate of drug-likeness (QED) is 0.576. The monoisotopic (exact) mass is 358 g/mol. The van der Waals surface area contributed by atoms with Gasteiger partial charge in [-0.3, -0.25) is 4.90 Å². The summed E-state index contributed by atoms with van der Waals surface area (Å²) in [7, 11) is 2.10. The molecule has 3 aromatic rings. The van der Waals surface area contributed by atoms with Crippen molar-refractivity contribution < 1.29 is 4.52 Å². The Balaban J connectivity index is 1.90. The van der Waals surface area contributed by atoms with Crippen LogP contribution in [-0.4, -0.2) is 26.2 Å². The SMILES string of the molecule is CCCCn1c(=S)n(CN(C)Cc2c(C)noc2C)c2ccccc21. The number of unbranched alkanes of at least 4 members (excludes halogenated alkanes) is 1. The van der Waals surface area contributed by atoms with Crippen LogP contribution in [0.25, 0.3) is 11.0 Å². The van der Waals surface area contributed by atoms with Crippen LogP contribution in [0.3, 0.4) is 0 Å². The highest BCUT2D eigenvalue weighted by molar-refractivity contribution is 7.71. The van der Waals surface area contributed by atoms with Crippen molar-refractivity contribution in [1.82, 2.24) is 19.2 Å². The zero-order chi connectivity index (χ0) is 18.0. The molecule has 0 bridgehead atoms. The number of imidazole rings is 1. The highest BCUT2D eigenvalue weighted by Crippen LogP contribution is 2.20. The molecule has 0 saturated carbocycles. The second kappa shape index (κ2) is 7.54. The lowest BCUT2D eigenvalue weighted by molar-refractivity contribution is 0.259. The van der Waals surface area contributed by atoms with E-state index in [0.717, 1.165) is 54.4 Å². The summed E-state index contributed by atoms with van der Waals surface area (Å²) in [6, 6.07) is 8.46. The molecule has 0 N–H and O–H groups in total. The molecule has 0 amide bonds. The Labute approximate surface area is 153 Å². The van der Waals surface area contributed by atoms with Gasteiger partial charge in [-0.25, -0.2) is 0 Å². The van der Waals surface area contributed by atoms with Crippen LogP contribution in [0, 0.1) is 18.6 Å².